The summed E-state index contributed by atoms with van der Waals surface area (Å²) < 4.78 is 1.11. The van der Waals surface area contributed by atoms with Crippen LogP contribution in [-0.4, -0.2) is 17.1 Å². The van der Waals surface area contributed by atoms with Crippen LogP contribution < -0.4 is 5.32 Å². The van der Waals surface area contributed by atoms with Crippen molar-refractivity contribution in [3.05, 3.63) is 70.2 Å². The summed E-state index contributed by atoms with van der Waals surface area (Å²) in [4.78, 5) is 2.04. The van der Waals surface area contributed by atoms with Crippen molar-refractivity contribution in [3.63, 3.8) is 0 Å². The monoisotopic (exact) mass is 348 g/mol. The minimum atomic E-state index is 0.750. The Kier molecular flexibility index (Phi) is 5.56. The van der Waals surface area contributed by atoms with Crippen LogP contribution in [0.1, 0.15) is 11.1 Å². The molecule has 2 nitrogen and oxygen atoms in total. The van der Waals surface area contributed by atoms with Crippen molar-refractivity contribution in [3.8, 4) is 0 Å². The van der Waals surface area contributed by atoms with Gasteiger partial charge in [0.25, 0.3) is 0 Å². The molecule has 0 unspecified atom stereocenters. The molecule has 0 heterocycles. The van der Waals surface area contributed by atoms with E-state index in [1.807, 2.05) is 48.3 Å². The molecule has 0 aromatic heterocycles. The number of nitrogens with zero attached hydrogens (tertiary/aromatic N) is 1. The topological polar surface area (TPSA) is 15.3 Å². The highest BCUT2D eigenvalue weighted by Gasteiger charge is 2.06. The molecule has 0 spiro atoms. The van der Waals surface area contributed by atoms with E-state index in [9.17, 15) is 0 Å². The van der Waals surface area contributed by atoms with Crippen LogP contribution in [0.2, 0.25) is 0 Å². The van der Waals surface area contributed by atoms with Crippen LogP contribution in [0.5, 0.6) is 0 Å². The van der Waals surface area contributed by atoms with Crippen molar-refractivity contribution >= 4 is 33.3 Å². The zero-order valence-electron chi connectivity index (χ0n) is 11.3. The molecule has 0 atom stereocenters. The molecule has 0 aliphatic heterocycles. The minimum absolute atomic E-state index is 0.750. The molecule has 0 saturated carbocycles. The Morgan fingerprint density at radius 3 is 2.45 bits per heavy atom. The molecule has 0 fully saturated rings. The molecule has 0 saturated heterocycles. The predicted octanol–water partition coefficient (Wildman–Crippen LogP) is 3.96. The van der Waals surface area contributed by atoms with E-state index in [4.69, 9.17) is 12.2 Å². The molecule has 4 heteroatoms. The maximum Gasteiger partial charge on any atom is 0.169 e. The molecule has 2 aromatic rings. The first-order valence-corrected chi connectivity index (χ1v) is 7.63. The van der Waals surface area contributed by atoms with Crippen LogP contribution in [0.4, 0.5) is 0 Å². The highest BCUT2D eigenvalue weighted by atomic mass is 79.9. The van der Waals surface area contributed by atoms with Gasteiger partial charge < -0.3 is 10.2 Å². The normalized spacial score (nSPS) is 10.1. The van der Waals surface area contributed by atoms with E-state index >= 15 is 0 Å². The summed E-state index contributed by atoms with van der Waals surface area (Å²) in [5.41, 5.74) is 2.45. The predicted molar refractivity (Wildman–Crippen MR) is 91.5 cm³/mol. The second-order valence-corrected chi connectivity index (χ2v) is 5.83. The summed E-state index contributed by atoms with van der Waals surface area (Å²) >= 11 is 8.98. The zero-order chi connectivity index (χ0) is 14.4. The average Bonchev–Trinajstić information content (AvgIpc) is 2.48. The summed E-state index contributed by atoms with van der Waals surface area (Å²) in [7, 11) is 2.00. The van der Waals surface area contributed by atoms with E-state index in [2.05, 4.69) is 39.4 Å². The van der Waals surface area contributed by atoms with Gasteiger partial charge in [-0.25, -0.2) is 0 Å². The summed E-state index contributed by atoms with van der Waals surface area (Å²) in [5, 5.41) is 4.03. The van der Waals surface area contributed by atoms with Crippen molar-refractivity contribution in [1.82, 2.24) is 10.2 Å². The van der Waals surface area contributed by atoms with Crippen LogP contribution in [0.25, 0.3) is 0 Å². The van der Waals surface area contributed by atoms with Crippen LogP contribution in [0, 0.1) is 0 Å². The lowest BCUT2D eigenvalue weighted by Crippen LogP contribution is -2.36. The standard InChI is InChI=1S/C16H17BrN2S/c1-19(12-14-9-5-6-10-15(14)17)16(20)18-11-13-7-3-2-4-8-13/h2-10H,11-12H2,1H3,(H,18,20). The molecule has 0 amide bonds. The van der Waals surface area contributed by atoms with Crippen molar-refractivity contribution in [2.24, 2.45) is 0 Å². The lowest BCUT2D eigenvalue weighted by atomic mass is 10.2. The van der Waals surface area contributed by atoms with Crippen LogP contribution in [0.15, 0.2) is 59.1 Å². The summed E-state index contributed by atoms with van der Waals surface area (Å²) in [6.45, 7) is 1.53. The Balaban J connectivity index is 1.88. The van der Waals surface area contributed by atoms with Gasteiger partial charge in [-0.2, -0.15) is 0 Å². The molecule has 0 aliphatic carbocycles. The van der Waals surface area contributed by atoms with E-state index in [1.165, 1.54) is 11.1 Å². The summed E-state index contributed by atoms with van der Waals surface area (Å²) in [6, 6.07) is 18.4. The van der Waals surface area contributed by atoms with Gasteiger partial charge in [0.15, 0.2) is 5.11 Å². The first kappa shape index (κ1) is 15.0. The van der Waals surface area contributed by atoms with Crippen LogP contribution in [0.3, 0.4) is 0 Å². The second kappa shape index (κ2) is 7.41. The van der Waals surface area contributed by atoms with Crippen molar-refractivity contribution in [2.45, 2.75) is 13.1 Å². The highest BCUT2D eigenvalue weighted by molar-refractivity contribution is 9.10. The van der Waals surface area contributed by atoms with Gasteiger partial charge >= 0.3 is 0 Å². The largest absolute Gasteiger partial charge is 0.358 e. The molecule has 104 valence electrons. The minimum Gasteiger partial charge on any atom is -0.358 e. The third-order valence-corrected chi connectivity index (χ3v) is 4.23. The van der Waals surface area contributed by atoms with Gasteiger partial charge in [0.05, 0.1) is 0 Å². The van der Waals surface area contributed by atoms with Gasteiger partial charge in [0, 0.05) is 24.6 Å². The van der Waals surface area contributed by atoms with Gasteiger partial charge in [-0.15, -0.1) is 0 Å². The van der Waals surface area contributed by atoms with E-state index in [-0.39, 0.29) is 0 Å². The third kappa shape index (κ3) is 4.32. The van der Waals surface area contributed by atoms with E-state index in [1.54, 1.807) is 0 Å². The fourth-order valence-electron chi connectivity index (χ4n) is 1.86. The Morgan fingerprint density at radius 2 is 1.75 bits per heavy atom. The maximum absolute atomic E-state index is 5.42. The number of nitrogens with one attached hydrogen (secondary N) is 1. The number of thiocarbonyl (C=S) groups is 1. The van der Waals surface area contributed by atoms with Gasteiger partial charge in [-0.05, 0) is 29.4 Å². The first-order valence-electron chi connectivity index (χ1n) is 6.43. The molecule has 0 aliphatic rings. The third-order valence-electron chi connectivity index (χ3n) is 3.00. The number of halogens is 1. The number of hydrogen-bond donors (Lipinski definition) is 1. The van der Waals surface area contributed by atoms with Crippen LogP contribution >= 0.6 is 28.1 Å². The quantitative estimate of drug-likeness (QED) is 0.842. The summed E-state index contributed by atoms with van der Waals surface area (Å²) in [5.74, 6) is 0. The molecular weight excluding hydrogens is 332 g/mol. The average molecular weight is 349 g/mol. The number of rotatable bonds is 4. The van der Waals surface area contributed by atoms with Crippen molar-refractivity contribution in [1.29, 1.82) is 0 Å². The van der Waals surface area contributed by atoms with Gasteiger partial charge in [-0.1, -0.05) is 64.5 Å². The Hall–Kier alpha value is -1.39. The number of benzene rings is 2. The molecule has 1 N–H and O–H groups in total. The highest BCUT2D eigenvalue weighted by Crippen LogP contribution is 2.17. The smallest absolute Gasteiger partial charge is 0.169 e. The molecule has 2 rings (SSSR count). The van der Waals surface area contributed by atoms with Gasteiger partial charge in [0.1, 0.15) is 0 Å². The maximum atomic E-state index is 5.42. The lowest BCUT2D eigenvalue weighted by molar-refractivity contribution is 0.487. The fourth-order valence-corrected chi connectivity index (χ4v) is 2.41. The zero-order valence-corrected chi connectivity index (χ0v) is 13.7. The summed E-state index contributed by atoms with van der Waals surface area (Å²) in [6.07, 6.45) is 0. The molecular formula is C16H17BrN2S. The lowest BCUT2D eigenvalue weighted by Gasteiger charge is -2.21. The van der Waals surface area contributed by atoms with Crippen LogP contribution in [-0.2, 0) is 13.1 Å². The number of hydrogen-bond acceptors (Lipinski definition) is 1. The van der Waals surface area contributed by atoms with Gasteiger partial charge in [0.2, 0.25) is 0 Å². The molecule has 0 bridgehead atoms. The van der Waals surface area contributed by atoms with E-state index in [0.717, 1.165) is 22.7 Å². The Morgan fingerprint density at radius 1 is 1.10 bits per heavy atom. The second-order valence-electron chi connectivity index (χ2n) is 4.59. The fraction of sp³-hybridized carbons (Fsp3) is 0.188. The molecule has 0 radical (unpaired) electrons. The van der Waals surface area contributed by atoms with Crippen molar-refractivity contribution in [2.75, 3.05) is 7.05 Å². The van der Waals surface area contributed by atoms with E-state index < -0.39 is 0 Å². The van der Waals surface area contributed by atoms with Gasteiger partial charge in [-0.3, -0.25) is 0 Å². The molecule has 2 aromatic carbocycles. The van der Waals surface area contributed by atoms with Crippen molar-refractivity contribution < 1.29 is 0 Å². The molecule has 20 heavy (non-hydrogen) atoms. The Bertz CT molecular complexity index is 572. The van der Waals surface area contributed by atoms with E-state index in [0.29, 0.717) is 0 Å². The SMILES string of the molecule is CN(Cc1ccccc1Br)C(=S)NCc1ccccc1. The first-order chi connectivity index (χ1) is 9.66. The Labute approximate surface area is 133 Å².